The normalized spacial score (nSPS) is 17.7. The van der Waals surface area contributed by atoms with E-state index in [1.807, 2.05) is 19.9 Å². The number of sulfonamides is 1. The van der Waals surface area contributed by atoms with Crippen LogP contribution in [0.3, 0.4) is 0 Å². The number of ketones is 1. The van der Waals surface area contributed by atoms with E-state index in [-0.39, 0.29) is 16.6 Å². The van der Waals surface area contributed by atoms with Crippen molar-refractivity contribution >= 4 is 21.7 Å². The van der Waals surface area contributed by atoms with Crippen molar-refractivity contribution in [3.63, 3.8) is 0 Å². The third-order valence-corrected chi connectivity index (χ3v) is 7.05. The summed E-state index contributed by atoms with van der Waals surface area (Å²) in [5.41, 5.74) is 4.63. The molecule has 29 heavy (non-hydrogen) atoms. The Bertz CT molecular complexity index is 1120. The molecule has 0 fully saturated rings. The minimum atomic E-state index is -3.97. The number of nitrogens with one attached hydrogen (secondary N) is 1. The molecule has 2 aromatic carbocycles. The third-order valence-electron chi connectivity index (χ3n) is 5.68. The van der Waals surface area contributed by atoms with Crippen molar-refractivity contribution in [3.8, 4) is 5.75 Å². The summed E-state index contributed by atoms with van der Waals surface area (Å²) < 4.78 is 32.7. The number of carbonyl (C=O) groups is 2. The van der Waals surface area contributed by atoms with Gasteiger partial charge in [-0.15, -0.1) is 0 Å². The number of aryl methyl sites for hydroxylation is 3. The average Bonchev–Trinajstić information content (AvgIpc) is 3.25. The Morgan fingerprint density at radius 3 is 2.72 bits per heavy atom. The number of benzene rings is 2. The summed E-state index contributed by atoms with van der Waals surface area (Å²) in [6.45, 7) is 3.44. The van der Waals surface area contributed by atoms with Gasteiger partial charge in [0.1, 0.15) is 5.75 Å². The summed E-state index contributed by atoms with van der Waals surface area (Å²) in [4.78, 5) is 24.7. The van der Waals surface area contributed by atoms with Crippen LogP contribution in [0.4, 0.5) is 0 Å². The molecule has 6 nitrogen and oxygen atoms in total. The molecule has 0 bridgehead atoms. The number of fused-ring (bicyclic) bond motifs is 2. The number of rotatable bonds is 5. The van der Waals surface area contributed by atoms with Gasteiger partial charge in [0.25, 0.3) is 15.9 Å². The zero-order valence-electron chi connectivity index (χ0n) is 16.4. The van der Waals surface area contributed by atoms with Gasteiger partial charge in [0.15, 0.2) is 12.4 Å². The lowest BCUT2D eigenvalue weighted by atomic mass is 9.97. The van der Waals surface area contributed by atoms with E-state index in [4.69, 9.17) is 4.74 Å². The van der Waals surface area contributed by atoms with Crippen LogP contribution in [-0.2, 0) is 27.7 Å². The lowest BCUT2D eigenvalue weighted by Gasteiger charge is -2.13. The molecule has 0 saturated carbocycles. The van der Waals surface area contributed by atoms with Gasteiger partial charge in [0.05, 0.1) is 10.5 Å². The summed E-state index contributed by atoms with van der Waals surface area (Å²) in [7, 11) is -3.97. The van der Waals surface area contributed by atoms with Gasteiger partial charge in [-0.1, -0.05) is 19.1 Å². The summed E-state index contributed by atoms with van der Waals surface area (Å²) in [6.07, 6.45) is 3.22. The third kappa shape index (κ3) is 3.67. The first kappa shape index (κ1) is 19.6. The highest BCUT2D eigenvalue weighted by Gasteiger charge is 2.31. The predicted molar refractivity (Wildman–Crippen MR) is 108 cm³/mol. The zero-order valence-corrected chi connectivity index (χ0v) is 17.3. The predicted octanol–water partition coefficient (Wildman–Crippen LogP) is 3.06. The molecule has 2 aromatic rings. The Morgan fingerprint density at radius 1 is 1.17 bits per heavy atom. The van der Waals surface area contributed by atoms with Crippen molar-refractivity contribution in [2.24, 2.45) is 0 Å². The Kier molecular flexibility index (Phi) is 4.94. The number of carbonyl (C=O) groups excluding carboxylic acids is 2. The Balaban J connectivity index is 1.47. The first-order valence-corrected chi connectivity index (χ1v) is 11.2. The molecule has 7 heteroatoms. The second-order valence-corrected chi connectivity index (χ2v) is 9.48. The van der Waals surface area contributed by atoms with E-state index in [1.54, 1.807) is 18.2 Å². The monoisotopic (exact) mass is 413 g/mol. The molecule has 0 radical (unpaired) electrons. The van der Waals surface area contributed by atoms with Crippen LogP contribution in [0.5, 0.6) is 5.75 Å². The fraction of sp³-hybridized carbons (Fsp3) is 0.364. The van der Waals surface area contributed by atoms with Gasteiger partial charge in [-0.05, 0) is 72.6 Å². The molecule has 1 N–H and O–H groups in total. The molecule has 1 unspecified atom stereocenters. The van der Waals surface area contributed by atoms with Crippen molar-refractivity contribution in [1.29, 1.82) is 0 Å². The molecule has 0 aliphatic heterocycles. The largest absolute Gasteiger partial charge is 0.483 e. The first-order chi connectivity index (χ1) is 13.8. The molecule has 4 rings (SSSR count). The Labute approximate surface area is 170 Å². The maximum atomic E-state index is 12.5. The van der Waals surface area contributed by atoms with Crippen molar-refractivity contribution < 1.29 is 22.7 Å². The van der Waals surface area contributed by atoms with Crippen LogP contribution in [0, 0.1) is 6.92 Å². The smallest absolute Gasteiger partial charge is 0.271 e. The summed E-state index contributed by atoms with van der Waals surface area (Å²) in [5, 5.41) is 0. The minimum Gasteiger partial charge on any atom is -0.483 e. The first-order valence-electron chi connectivity index (χ1n) is 9.73. The van der Waals surface area contributed by atoms with Gasteiger partial charge in [-0.25, -0.2) is 13.1 Å². The van der Waals surface area contributed by atoms with Crippen LogP contribution in [0.25, 0.3) is 0 Å². The van der Waals surface area contributed by atoms with E-state index >= 15 is 0 Å². The number of amides is 1. The Morgan fingerprint density at radius 2 is 1.93 bits per heavy atom. The second kappa shape index (κ2) is 7.30. The summed E-state index contributed by atoms with van der Waals surface area (Å²) in [6, 6.07) is 8.47. The maximum absolute atomic E-state index is 12.5. The molecule has 1 atom stereocenters. The van der Waals surface area contributed by atoms with Gasteiger partial charge < -0.3 is 4.74 Å². The van der Waals surface area contributed by atoms with Crippen molar-refractivity contribution in [2.45, 2.75) is 50.3 Å². The van der Waals surface area contributed by atoms with E-state index in [1.165, 1.54) is 6.07 Å². The van der Waals surface area contributed by atoms with Crippen LogP contribution >= 0.6 is 0 Å². The van der Waals surface area contributed by atoms with Crippen LogP contribution in [0.15, 0.2) is 35.2 Å². The fourth-order valence-electron chi connectivity index (χ4n) is 4.33. The number of hydrogen-bond donors (Lipinski definition) is 1. The average molecular weight is 413 g/mol. The molecule has 0 spiro atoms. The van der Waals surface area contributed by atoms with Crippen LogP contribution in [0.1, 0.15) is 58.3 Å². The molecule has 2 aliphatic rings. The molecule has 2 aliphatic carbocycles. The van der Waals surface area contributed by atoms with Crippen LogP contribution < -0.4 is 9.46 Å². The number of ether oxygens (including phenoxy) is 1. The van der Waals surface area contributed by atoms with Gasteiger partial charge in [-0.2, -0.15) is 0 Å². The highest BCUT2D eigenvalue weighted by molar-refractivity contribution is 7.90. The summed E-state index contributed by atoms with van der Waals surface area (Å²) in [5.74, 6) is -0.365. The van der Waals surface area contributed by atoms with Crippen LogP contribution in [0.2, 0.25) is 0 Å². The number of Topliss-reactive ketones (excluding diaryl/α,β-unsaturated/α-hetero) is 1. The second-order valence-electron chi connectivity index (χ2n) is 7.80. The van der Waals surface area contributed by atoms with Gasteiger partial charge in [0.2, 0.25) is 0 Å². The topological polar surface area (TPSA) is 89.5 Å². The van der Waals surface area contributed by atoms with E-state index in [2.05, 4.69) is 4.72 Å². The van der Waals surface area contributed by atoms with Gasteiger partial charge in [-0.3, -0.25) is 9.59 Å². The van der Waals surface area contributed by atoms with E-state index in [0.29, 0.717) is 17.7 Å². The molecule has 0 saturated heterocycles. The maximum Gasteiger partial charge on any atom is 0.271 e. The number of hydrogen-bond acceptors (Lipinski definition) is 5. The molecular weight excluding hydrogens is 390 g/mol. The molecule has 0 heterocycles. The highest BCUT2D eigenvalue weighted by atomic mass is 32.2. The Hall–Kier alpha value is -2.67. The quantitative estimate of drug-likeness (QED) is 0.814. The van der Waals surface area contributed by atoms with Gasteiger partial charge in [0, 0.05) is 6.42 Å². The lowest BCUT2D eigenvalue weighted by Crippen LogP contribution is -2.34. The molecule has 0 aromatic heterocycles. The molecule has 1 amide bonds. The van der Waals surface area contributed by atoms with Crippen LogP contribution in [-0.4, -0.2) is 26.7 Å². The highest BCUT2D eigenvalue weighted by Crippen LogP contribution is 2.40. The van der Waals surface area contributed by atoms with E-state index < -0.39 is 22.5 Å². The zero-order chi connectivity index (χ0) is 20.8. The van der Waals surface area contributed by atoms with E-state index in [0.717, 1.165) is 41.5 Å². The molecular formula is C22H23NO5S. The van der Waals surface area contributed by atoms with Crippen molar-refractivity contribution in [1.82, 2.24) is 4.72 Å². The van der Waals surface area contributed by atoms with Crippen molar-refractivity contribution in [3.05, 3.63) is 58.1 Å². The van der Waals surface area contributed by atoms with Gasteiger partial charge >= 0.3 is 0 Å². The van der Waals surface area contributed by atoms with Crippen molar-refractivity contribution in [2.75, 3.05) is 6.61 Å². The van der Waals surface area contributed by atoms with E-state index in [9.17, 15) is 18.0 Å². The molecule has 152 valence electrons. The lowest BCUT2D eigenvalue weighted by molar-refractivity contribution is -0.121. The standard InChI is InChI=1S/C22H23NO5S/c1-13-6-9-19(22-18(24)10-14(2)21(13)22)28-12-20(25)23-29(26,27)17-8-7-15-4-3-5-16(15)11-17/h6-9,11,14H,3-5,10,12H2,1-2H3,(H,23,25). The SMILES string of the molecule is Cc1ccc(OCC(=O)NS(=O)(=O)c2ccc3c(c2)CCC3)c2c1C(C)CC2=O. The fourth-order valence-corrected chi connectivity index (χ4v) is 5.35. The summed E-state index contributed by atoms with van der Waals surface area (Å²) >= 11 is 0. The minimum absolute atomic E-state index is 0.0163.